The lowest BCUT2D eigenvalue weighted by Gasteiger charge is -2.00. The molecule has 1 heterocycles. The summed E-state index contributed by atoms with van der Waals surface area (Å²) in [5, 5.41) is 18.1. The van der Waals surface area contributed by atoms with Crippen molar-refractivity contribution in [2.45, 2.75) is 0 Å². The molecule has 1 aromatic rings. The maximum atomic E-state index is 10.1. The van der Waals surface area contributed by atoms with E-state index in [0.717, 1.165) is 0 Å². The molecule has 12 heavy (non-hydrogen) atoms. The first-order valence-electron chi connectivity index (χ1n) is 3.13. The van der Waals surface area contributed by atoms with Crippen molar-refractivity contribution < 1.29 is 14.6 Å². The minimum atomic E-state index is -1.37. The summed E-state index contributed by atoms with van der Waals surface area (Å²) in [5.41, 5.74) is 0. The van der Waals surface area contributed by atoms with E-state index in [9.17, 15) is 4.79 Å². The SMILES string of the molecule is CNc1cc(OC(=O)O)cnn1. The number of carbonyl (C=O) groups is 1. The third-order valence-corrected chi connectivity index (χ3v) is 1.09. The molecule has 0 saturated heterocycles. The van der Waals surface area contributed by atoms with Crippen LogP contribution in [-0.4, -0.2) is 28.5 Å². The van der Waals surface area contributed by atoms with E-state index >= 15 is 0 Å². The molecule has 0 spiro atoms. The van der Waals surface area contributed by atoms with Crippen molar-refractivity contribution in [2.24, 2.45) is 0 Å². The molecule has 64 valence electrons. The summed E-state index contributed by atoms with van der Waals surface area (Å²) in [6, 6.07) is 1.43. The Morgan fingerprint density at radius 1 is 1.75 bits per heavy atom. The van der Waals surface area contributed by atoms with Crippen molar-refractivity contribution in [1.29, 1.82) is 0 Å². The summed E-state index contributed by atoms with van der Waals surface area (Å²) in [6.45, 7) is 0. The molecule has 0 saturated carbocycles. The van der Waals surface area contributed by atoms with Crippen LogP contribution in [0.15, 0.2) is 12.3 Å². The highest BCUT2D eigenvalue weighted by Crippen LogP contribution is 2.11. The van der Waals surface area contributed by atoms with Crippen LogP contribution in [0.3, 0.4) is 0 Å². The number of hydrogen-bond donors (Lipinski definition) is 2. The predicted octanol–water partition coefficient (Wildman–Crippen LogP) is 0.575. The number of ether oxygens (including phenoxy) is 1. The van der Waals surface area contributed by atoms with Crippen molar-refractivity contribution in [1.82, 2.24) is 10.2 Å². The van der Waals surface area contributed by atoms with E-state index in [4.69, 9.17) is 5.11 Å². The van der Waals surface area contributed by atoms with Gasteiger partial charge in [-0.05, 0) is 0 Å². The number of aromatic nitrogens is 2. The first-order valence-corrected chi connectivity index (χ1v) is 3.13. The van der Waals surface area contributed by atoms with Crippen LogP contribution in [-0.2, 0) is 0 Å². The molecule has 0 aliphatic carbocycles. The Morgan fingerprint density at radius 3 is 3.08 bits per heavy atom. The summed E-state index contributed by atoms with van der Waals surface area (Å²) in [7, 11) is 1.65. The number of rotatable bonds is 2. The fourth-order valence-electron chi connectivity index (χ4n) is 0.628. The number of anilines is 1. The lowest BCUT2D eigenvalue weighted by Crippen LogP contribution is -2.04. The highest BCUT2D eigenvalue weighted by atomic mass is 16.7. The van der Waals surface area contributed by atoms with Gasteiger partial charge in [0.2, 0.25) is 0 Å². The third-order valence-electron chi connectivity index (χ3n) is 1.09. The van der Waals surface area contributed by atoms with Gasteiger partial charge in [-0.15, -0.1) is 5.10 Å². The molecule has 0 aliphatic rings. The Hall–Kier alpha value is -1.85. The van der Waals surface area contributed by atoms with Gasteiger partial charge in [0, 0.05) is 13.1 Å². The monoisotopic (exact) mass is 169 g/mol. The standard InChI is InChI=1S/C6H7N3O3/c1-7-5-2-4(3-8-9-5)12-6(10)11/h2-3H,1H3,(H,7,9)(H,10,11). The number of hydrogen-bond acceptors (Lipinski definition) is 5. The molecule has 0 amide bonds. The molecule has 6 heteroatoms. The quantitative estimate of drug-likeness (QED) is 0.630. The molecule has 2 N–H and O–H groups in total. The molecule has 1 aromatic heterocycles. The molecular weight excluding hydrogens is 162 g/mol. The van der Waals surface area contributed by atoms with E-state index in [1.54, 1.807) is 7.05 Å². The lowest BCUT2D eigenvalue weighted by molar-refractivity contribution is 0.144. The molecule has 6 nitrogen and oxygen atoms in total. The molecule has 0 bridgehead atoms. The second-order valence-corrected chi connectivity index (χ2v) is 1.89. The van der Waals surface area contributed by atoms with Gasteiger partial charge in [-0.1, -0.05) is 0 Å². The smallest absolute Gasteiger partial charge is 0.449 e. The molecule has 1 rings (SSSR count). The molecule has 0 atom stereocenters. The van der Waals surface area contributed by atoms with Crippen LogP contribution in [0.5, 0.6) is 5.75 Å². The van der Waals surface area contributed by atoms with E-state index in [-0.39, 0.29) is 5.75 Å². The highest BCUT2D eigenvalue weighted by molar-refractivity contribution is 5.61. The topological polar surface area (TPSA) is 84.3 Å². The van der Waals surface area contributed by atoms with Crippen LogP contribution < -0.4 is 10.1 Å². The first-order chi connectivity index (χ1) is 5.72. The first kappa shape index (κ1) is 8.25. The van der Waals surface area contributed by atoms with Gasteiger partial charge < -0.3 is 15.2 Å². The van der Waals surface area contributed by atoms with Gasteiger partial charge in [-0.3, -0.25) is 0 Å². The van der Waals surface area contributed by atoms with Crippen LogP contribution in [0, 0.1) is 0 Å². The number of nitrogens with one attached hydrogen (secondary N) is 1. The van der Waals surface area contributed by atoms with Crippen LogP contribution in [0.1, 0.15) is 0 Å². The molecule has 0 fully saturated rings. The van der Waals surface area contributed by atoms with Gasteiger partial charge in [0.15, 0.2) is 11.6 Å². The zero-order chi connectivity index (χ0) is 8.97. The number of nitrogens with zero attached hydrogens (tertiary/aromatic N) is 2. The Bertz CT molecular complexity index is 289. The fraction of sp³-hybridized carbons (Fsp3) is 0.167. The van der Waals surface area contributed by atoms with Gasteiger partial charge in [0.05, 0.1) is 6.20 Å². The minimum Gasteiger partial charge on any atom is -0.449 e. The van der Waals surface area contributed by atoms with E-state index in [0.29, 0.717) is 5.82 Å². The van der Waals surface area contributed by atoms with Crippen molar-refractivity contribution in [3.05, 3.63) is 12.3 Å². The Morgan fingerprint density at radius 2 is 2.50 bits per heavy atom. The van der Waals surface area contributed by atoms with E-state index in [2.05, 4.69) is 20.3 Å². The van der Waals surface area contributed by atoms with Crippen molar-refractivity contribution in [3.63, 3.8) is 0 Å². The van der Waals surface area contributed by atoms with Gasteiger partial charge in [-0.2, -0.15) is 5.10 Å². The molecule has 0 radical (unpaired) electrons. The number of carboxylic acid groups (broad SMARTS) is 1. The third kappa shape index (κ3) is 2.08. The summed E-state index contributed by atoms with van der Waals surface area (Å²) < 4.78 is 4.33. The van der Waals surface area contributed by atoms with E-state index in [1.165, 1.54) is 12.3 Å². The van der Waals surface area contributed by atoms with Gasteiger partial charge in [-0.25, -0.2) is 4.79 Å². The Balaban J connectivity index is 2.79. The van der Waals surface area contributed by atoms with Crippen LogP contribution in [0.4, 0.5) is 10.6 Å². The average Bonchev–Trinajstić information content (AvgIpc) is 2.03. The molecular formula is C6H7N3O3. The highest BCUT2D eigenvalue weighted by Gasteiger charge is 2.01. The molecule has 0 unspecified atom stereocenters. The predicted molar refractivity (Wildman–Crippen MR) is 40.2 cm³/mol. The molecule has 0 aliphatic heterocycles. The largest absolute Gasteiger partial charge is 0.511 e. The van der Waals surface area contributed by atoms with Crippen LogP contribution >= 0.6 is 0 Å². The zero-order valence-corrected chi connectivity index (χ0v) is 6.31. The van der Waals surface area contributed by atoms with Gasteiger partial charge >= 0.3 is 6.16 Å². The van der Waals surface area contributed by atoms with Crippen LogP contribution in [0.25, 0.3) is 0 Å². The maximum Gasteiger partial charge on any atom is 0.511 e. The normalized spacial score (nSPS) is 9.08. The van der Waals surface area contributed by atoms with Gasteiger partial charge in [0.25, 0.3) is 0 Å². The van der Waals surface area contributed by atoms with E-state index < -0.39 is 6.16 Å². The summed E-state index contributed by atoms with van der Waals surface area (Å²) in [4.78, 5) is 10.1. The molecule has 0 aromatic carbocycles. The minimum absolute atomic E-state index is 0.141. The Labute approximate surface area is 68.2 Å². The Kier molecular flexibility index (Phi) is 2.42. The second-order valence-electron chi connectivity index (χ2n) is 1.89. The average molecular weight is 169 g/mol. The second kappa shape index (κ2) is 3.51. The summed E-state index contributed by atoms with van der Waals surface area (Å²) >= 11 is 0. The van der Waals surface area contributed by atoms with Gasteiger partial charge in [0.1, 0.15) is 0 Å². The van der Waals surface area contributed by atoms with Crippen LogP contribution in [0.2, 0.25) is 0 Å². The van der Waals surface area contributed by atoms with Crippen molar-refractivity contribution in [2.75, 3.05) is 12.4 Å². The zero-order valence-electron chi connectivity index (χ0n) is 6.31. The fourth-order valence-corrected chi connectivity index (χ4v) is 0.628. The van der Waals surface area contributed by atoms with Crippen molar-refractivity contribution >= 4 is 12.0 Å². The maximum absolute atomic E-state index is 10.1. The lowest BCUT2D eigenvalue weighted by atomic mass is 10.5. The summed E-state index contributed by atoms with van der Waals surface area (Å²) in [6.07, 6.45) is -0.153. The van der Waals surface area contributed by atoms with E-state index in [1.807, 2.05) is 0 Å². The summed E-state index contributed by atoms with van der Waals surface area (Å²) in [5.74, 6) is 0.593. The van der Waals surface area contributed by atoms with Crippen molar-refractivity contribution in [3.8, 4) is 5.75 Å².